The number of nitrogens with one attached hydrogen (secondary N) is 1. The first-order chi connectivity index (χ1) is 10.6. The molecule has 2 aromatic heterocycles. The van der Waals surface area contributed by atoms with E-state index in [9.17, 15) is 9.18 Å². The van der Waals surface area contributed by atoms with E-state index in [2.05, 4.69) is 10.3 Å². The second-order valence-corrected chi connectivity index (χ2v) is 5.21. The van der Waals surface area contributed by atoms with Gasteiger partial charge in [0.2, 0.25) is 5.91 Å². The first-order valence-electron chi connectivity index (χ1n) is 7.04. The molecule has 2 heterocycles. The molecule has 0 saturated heterocycles. The molecule has 3 rings (SSSR count). The normalized spacial score (nSPS) is 10.9. The number of carbonyl (C=O) groups is 1. The highest BCUT2D eigenvalue weighted by molar-refractivity contribution is 5.95. The van der Waals surface area contributed by atoms with E-state index in [0.717, 1.165) is 11.4 Å². The van der Waals surface area contributed by atoms with Crippen molar-refractivity contribution in [1.29, 1.82) is 0 Å². The van der Waals surface area contributed by atoms with Crippen molar-refractivity contribution in [3.8, 4) is 0 Å². The van der Waals surface area contributed by atoms with Gasteiger partial charge in [0.1, 0.15) is 5.82 Å². The molecule has 0 fully saturated rings. The molecule has 3 aromatic rings. The van der Waals surface area contributed by atoms with E-state index in [4.69, 9.17) is 0 Å². The number of aromatic nitrogens is 2. The monoisotopic (exact) mass is 297 g/mol. The summed E-state index contributed by atoms with van der Waals surface area (Å²) in [7, 11) is 0. The maximum absolute atomic E-state index is 13.6. The molecule has 0 bridgehead atoms. The highest BCUT2D eigenvalue weighted by Gasteiger charge is 2.12. The molecular formula is C17H16FN3O. The summed E-state index contributed by atoms with van der Waals surface area (Å²) in [4.78, 5) is 16.6. The van der Waals surface area contributed by atoms with Gasteiger partial charge in [0.15, 0.2) is 5.65 Å². The first-order valence-corrected chi connectivity index (χ1v) is 7.04. The molecule has 112 valence electrons. The van der Waals surface area contributed by atoms with E-state index in [1.807, 2.05) is 30.5 Å². The van der Waals surface area contributed by atoms with Gasteiger partial charge in [0, 0.05) is 11.9 Å². The molecular weight excluding hydrogens is 281 g/mol. The van der Waals surface area contributed by atoms with Gasteiger partial charge in [-0.25, -0.2) is 9.37 Å². The number of amides is 1. The van der Waals surface area contributed by atoms with Crippen molar-refractivity contribution < 1.29 is 9.18 Å². The van der Waals surface area contributed by atoms with Gasteiger partial charge in [-0.15, -0.1) is 0 Å². The van der Waals surface area contributed by atoms with Crippen molar-refractivity contribution in [2.24, 2.45) is 0 Å². The first kappa shape index (κ1) is 14.3. The number of rotatable bonds is 3. The van der Waals surface area contributed by atoms with Crippen LogP contribution in [-0.2, 0) is 11.2 Å². The molecule has 0 spiro atoms. The Morgan fingerprint density at radius 3 is 2.77 bits per heavy atom. The summed E-state index contributed by atoms with van der Waals surface area (Å²) in [6.07, 6.45) is 1.89. The molecule has 0 radical (unpaired) electrons. The number of anilines is 1. The third kappa shape index (κ3) is 2.57. The number of hydrogen-bond acceptors (Lipinski definition) is 2. The Balaban J connectivity index is 1.86. The maximum atomic E-state index is 13.6. The van der Waals surface area contributed by atoms with Gasteiger partial charge in [0.05, 0.1) is 17.8 Å². The number of carbonyl (C=O) groups excluding carboxylic acids is 1. The summed E-state index contributed by atoms with van der Waals surface area (Å²) in [5, 5.41) is 2.81. The van der Waals surface area contributed by atoms with Crippen LogP contribution in [0.1, 0.15) is 17.0 Å². The Morgan fingerprint density at radius 1 is 1.23 bits per heavy atom. The standard InChI is InChI=1S/C17H16FN3O/c1-11-12(2)21-9-5-8-15(17(21)19-11)20-16(22)10-13-6-3-4-7-14(13)18/h3-9H,10H2,1-2H3,(H,20,22). The Hall–Kier alpha value is -2.69. The van der Waals surface area contributed by atoms with Crippen molar-refractivity contribution in [2.45, 2.75) is 20.3 Å². The van der Waals surface area contributed by atoms with E-state index in [1.165, 1.54) is 6.07 Å². The summed E-state index contributed by atoms with van der Waals surface area (Å²) in [6.45, 7) is 3.90. The number of aryl methyl sites for hydroxylation is 2. The Morgan fingerprint density at radius 2 is 2.00 bits per heavy atom. The molecule has 0 aliphatic rings. The zero-order valence-electron chi connectivity index (χ0n) is 12.4. The Bertz CT molecular complexity index is 854. The number of hydrogen-bond donors (Lipinski definition) is 1. The van der Waals surface area contributed by atoms with Crippen LogP contribution in [0.3, 0.4) is 0 Å². The predicted molar refractivity (Wildman–Crippen MR) is 83.4 cm³/mol. The van der Waals surface area contributed by atoms with Crippen LogP contribution in [0.25, 0.3) is 5.65 Å². The lowest BCUT2D eigenvalue weighted by Gasteiger charge is -2.07. The summed E-state index contributed by atoms with van der Waals surface area (Å²) >= 11 is 0. The van der Waals surface area contributed by atoms with Crippen molar-refractivity contribution in [3.05, 3.63) is 65.4 Å². The van der Waals surface area contributed by atoms with Gasteiger partial charge >= 0.3 is 0 Å². The van der Waals surface area contributed by atoms with Crippen LogP contribution in [0.5, 0.6) is 0 Å². The van der Waals surface area contributed by atoms with E-state index in [0.29, 0.717) is 16.9 Å². The Labute approximate surface area is 127 Å². The molecule has 5 heteroatoms. The third-order valence-corrected chi connectivity index (χ3v) is 3.71. The van der Waals surface area contributed by atoms with Crippen molar-refractivity contribution in [2.75, 3.05) is 5.32 Å². The summed E-state index contributed by atoms with van der Waals surface area (Å²) in [5.74, 6) is -0.639. The van der Waals surface area contributed by atoms with E-state index in [-0.39, 0.29) is 18.1 Å². The number of nitrogens with zero attached hydrogens (tertiary/aromatic N) is 2. The molecule has 0 atom stereocenters. The van der Waals surface area contributed by atoms with E-state index in [1.54, 1.807) is 24.3 Å². The van der Waals surface area contributed by atoms with Crippen molar-refractivity contribution in [1.82, 2.24) is 9.38 Å². The topological polar surface area (TPSA) is 46.4 Å². The second kappa shape index (κ2) is 5.60. The number of imidazole rings is 1. The largest absolute Gasteiger partial charge is 0.323 e. The molecule has 0 unspecified atom stereocenters. The van der Waals surface area contributed by atoms with Gasteiger partial charge in [-0.1, -0.05) is 18.2 Å². The van der Waals surface area contributed by atoms with Crippen LogP contribution >= 0.6 is 0 Å². The average Bonchev–Trinajstić information content (AvgIpc) is 2.78. The molecule has 0 saturated carbocycles. The zero-order valence-corrected chi connectivity index (χ0v) is 12.4. The second-order valence-electron chi connectivity index (χ2n) is 5.21. The molecule has 1 amide bonds. The highest BCUT2D eigenvalue weighted by atomic mass is 19.1. The number of pyridine rings is 1. The van der Waals surface area contributed by atoms with Gasteiger partial charge in [-0.05, 0) is 37.6 Å². The van der Waals surface area contributed by atoms with Crippen LogP contribution < -0.4 is 5.32 Å². The van der Waals surface area contributed by atoms with Gasteiger partial charge in [-0.3, -0.25) is 4.79 Å². The molecule has 0 aliphatic heterocycles. The van der Waals surface area contributed by atoms with E-state index < -0.39 is 0 Å². The van der Waals surface area contributed by atoms with Crippen LogP contribution in [0, 0.1) is 19.7 Å². The van der Waals surface area contributed by atoms with Crippen molar-refractivity contribution in [3.63, 3.8) is 0 Å². The third-order valence-electron chi connectivity index (χ3n) is 3.71. The fourth-order valence-corrected chi connectivity index (χ4v) is 2.41. The fraction of sp³-hybridized carbons (Fsp3) is 0.176. The smallest absolute Gasteiger partial charge is 0.229 e. The summed E-state index contributed by atoms with van der Waals surface area (Å²) < 4.78 is 15.5. The van der Waals surface area contributed by atoms with Gasteiger partial charge < -0.3 is 9.72 Å². The minimum Gasteiger partial charge on any atom is -0.323 e. The molecule has 1 N–H and O–H groups in total. The summed E-state index contributed by atoms with van der Waals surface area (Å²) in [6, 6.07) is 9.92. The van der Waals surface area contributed by atoms with Crippen molar-refractivity contribution >= 4 is 17.2 Å². The molecule has 0 aliphatic carbocycles. The molecule has 22 heavy (non-hydrogen) atoms. The zero-order chi connectivity index (χ0) is 15.7. The fourth-order valence-electron chi connectivity index (χ4n) is 2.41. The summed E-state index contributed by atoms with van der Waals surface area (Å²) in [5.41, 5.74) is 3.64. The van der Waals surface area contributed by atoms with Gasteiger partial charge in [0.25, 0.3) is 0 Å². The Kier molecular flexibility index (Phi) is 3.63. The molecule has 4 nitrogen and oxygen atoms in total. The predicted octanol–water partition coefficient (Wildman–Crippen LogP) is 3.27. The average molecular weight is 297 g/mol. The maximum Gasteiger partial charge on any atom is 0.229 e. The van der Waals surface area contributed by atoms with Crippen LogP contribution in [0.4, 0.5) is 10.1 Å². The highest BCUT2D eigenvalue weighted by Crippen LogP contribution is 2.19. The number of benzene rings is 1. The number of fused-ring (bicyclic) bond motifs is 1. The van der Waals surface area contributed by atoms with E-state index >= 15 is 0 Å². The SMILES string of the molecule is Cc1nc2c(NC(=O)Cc3ccccc3F)cccn2c1C. The quantitative estimate of drug-likeness (QED) is 0.806. The van der Waals surface area contributed by atoms with Gasteiger partial charge in [-0.2, -0.15) is 0 Å². The van der Waals surface area contributed by atoms with Crippen LogP contribution in [-0.4, -0.2) is 15.3 Å². The molecule has 1 aromatic carbocycles. The van der Waals surface area contributed by atoms with Crippen LogP contribution in [0.2, 0.25) is 0 Å². The minimum absolute atomic E-state index is 0.00754. The minimum atomic E-state index is -0.372. The lowest BCUT2D eigenvalue weighted by atomic mass is 10.1. The van der Waals surface area contributed by atoms with Crippen LogP contribution in [0.15, 0.2) is 42.6 Å². The number of halogens is 1. The lowest BCUT2D eigenvalue weighted by molar-refractivity contribution is -0.115. The lowest BCUT2D eigenvalue weighted by Crippen LogP contribution is -2.15.